The molecule has 4 nitrogen and oxygen atoms in total. The Balaban J connectivity index is 1.42. The summed E-state index contributed by atoms with van der Waals surface area (Å²) in [6.45, 7) is 6.77. The van der Waals surface area contributed by atoms with Crippen LogP contribution in [-0.4, -0.2) is 35.5 Å². The Hall–Kier alpha value is -2.17. The lowest BCUT2D eigenvalue weighted by Crippen LogP contribution is -2.51. The number of rotatable bonds is 4. The zero-order valence-corrected chi connectivity index (χ0v) is 16.1. The predicted molar refractivity (Wildman–Crippen MR) is 108 cm³/mol. The summed E-state index contributed by atoms with van der Waals surface area (Å²) in [7, 11) is 0. The molecule has 1 unspecified atom stereocenters. The number of nitrogens with one attached hydrogen (secondary N) is 1. The molecule has 1 atom stereocenters. The molecule has 3 aliphatic rings. The highest BCUT2D eigenvalue weighted by Gasteiger charge is 2.38. The van der Waals surface area contributed by atoms with Crippen molar-refractivity contribution in [2.24, 2.45) is 11.8 Å². The van der Waals surface area contributed by atoms with Gasteiger partial charge in [0.2, 0.25) is 5.91 Å². The van der Waals surface area contributed by atoms with Gasteiger partial charge in [-0.15, -0.1) is 0 Å². The second-order valence-electron chi connectivity index (χ2n) is 8.45. The van der Waals surface area contributed by atoms with E-state index in [0.717, 1.165) is 54.9 Å². The van der Waals surface area contributed by atoms with Crippen molar-refractivity contribution in [2.75, 3.05) is 25.0 Å². The van der Waals surface area contributed by atoms with E-state index >= 15 is 0 Å². The average molecular weight is 364 g/mol. The third-order valence-electron chi connectivity index (χ3n) is 6.07. The molecule has 142 valence electrons. The van der Waals surface area contributed by atoms with E-state index in [1.807, 2.05) is 48.5 Å². The molecule has 3 fully saturated rings. The monoisotopic (exact) mass is 364 g/mol. The highest BCUT2D eigenvalue weighted by molar-refractivity contribution is 5.93. The molecule has 2 N–H and O–H groups in total. The van der Waals surface area contributed by atoms with Crippen LogP contribution in [0.25, 0.3) is 11.1 Å². The number of amides is 1. The van der Waals surface area contributed by atoms with E-state index in [-0.39, 0.29) is 11.8 Å². The number of hydrogen-bond donors (Lipinski definition) is 2. The lowest BCUT2D eigenvalue weighted by molar-refractivity contribution is -0.125. The molecule has 0 saturated carbocycles. The first-order valence-electron chi connectivity index (χ1n) is 9.87. The summed E-state index contributed by atoms with van der Waals surface area (Å²) in [5.41, 5.74) is 3.11. The van der Waals surface area contributed by atoms with Crippen LogP contribution >= 0.6 is 0 Å². The van der Waals surface area contributed by atoms with Gasteiger partial charge in [-0.2, -0.15) is 0 Å². The summed E-state index contributed by atoms with van der Waals surface area (Å²) in [4.78, 5) is 15.1. The predicted octanol–water partition coefficient (Wildman–Crippen LogP) is 3.86. The van der Waals surface area contributed by atoms with E-state index in [2.05, 4.69) is 10.2 Å². The number of piperidine rings is 3. The van der Waals surface area contributed by atoms with E-state index in [0.29, 0.717) is 5.92 Å². The van der Waals surface area contributed by atoms with E-state index in [1.54, 1.807) is 13.8 Å². The van der Waals surface area contributed by atoms with Gasteiger partial charge in [0, 0.05) is 12.2 Å². The molecular formula is C23H28N2O2. The van der Waals surface area contributed by atoms with Gasteiger partial charge in [-0.3, -0.25) is 4.79 Å². The number of carbonyl (C=O) groups is 1. The Labute approximate surface area is 161 Å². The second kappa shape index (κ2) is 7.10. The number of hydrogen-bond acceptors (Lipinski definition) is 3. The molecule has 5 rings (SSSR count). The molecule has 0 spiro atoms. The molecule has 0 aromatic heterocycles. The molecule has 2 aromatic rings. The Bertz CT molecular complexity index is 798. The van der Waals surface area contributed by atoms with Gasteiger partial charge >= 0.3 is 0 Å². The van der Waals surface area contributed by atoms with E-state index in [9.17, 15) is 9.90 Å². The van der Waals surface area contributed by atoms with Crippen molar-refractivity contribution in [3.05, 3.63) is 54.1 Å². The molecule has 27 heavy (non-hydrogen) atoms. The first-order valence-corrected chi connectivity index (χ1v) is 9.87. The van der Waals surface area contributed by atoms with E-state index in [1.165, 1.54) is 0 Å². The summed E-state index contributed by atoms with van der Waals surface area (Å²) >= 11 is 0. The molecule has 3 aliphatic heterocycles. The lowest BCUT2D eigenvalue weighted by atomic mass is 9.78. The van der Waals surface area contributed by atoms with Crippen molar-refractivity contribution in [3.63, 3.8) is 0 Å². The number of carbonyl (C=O) groups excluding carboxylic acids is 1. The number of benzene rings is 2. The van der Waals surface area contributed by atoms with Gasteiger partial charge in [-0.05, 0) is 74.5 Å². The summed E-state index contributed by atoms with van der Waals surface area (Å²) in [6.07, 6.45) is 2.30. The second-order valence-corrected chi connectivity index (χ2v) is 8.45. The topological polar surface area (TPSA) is 52.6 Å². The molecule has 1 amide bonds. The first kappa shape index (κ1) is 18.2. The molecule has 2 bridgehead atoms. The van der Waals surface area contributed by atoms with Gasteiger partial charge in [0.05, 0.1) is 11.5 Å². The summed E-state index contributed by atoms with van der Waals surface area (Å²) in [6, 6.07) is 16.0. The lowest BCUT2D eigenvalue weighted by Gasteiger charge is -2.43. The zero-order chi connectivity index (χ0) is 19.0. The van der Waals surface area contributed by atoms with Crippen molar-refractivity contribution in [2.45, 2.75) is 32.3 Å². The molecule has 3 heterocycles. The maximum absolute atomic E-state index is 12.7. The minimum absolute atomic E-state index is 0.126. The van der Waals surface area contributed by atoms with Gasteiger partial charge in [0.1, 0.15) is 0 Å². The zero-order valence-electron chi connectivity index (χ0n) is 16.1. The summed E-state index contributed by atoms with van der Waals surface area (Å²) in [5, 5.41) is 13.2. The Kier molecular flexibility index (Phi) is 4.79. The minimum Gasteiger partial charge on any atom is -0.386 e. The van der Waals surface area contributed by atoms with Gasteiger partial charge in [0.15, 0.2) is 0 Å². The quantitative estimate of drug-likeness (QED) is 0.866. The average Bonchev–Trinajstić information content (AvgIpc) is 2.69. The van der Waals surface area contributed by atoms with Crippen LogP contribution in [-0.2, 0) is 10.4 Å². The van der Waals surface area contributed by atoms with Crippen LogP contribution in [0, 0.1) is 11.8 Å². The molecule has 0 aliphatic carbocycles. The van der Waals surface area contributed by atoms with Crippen LogP contribution in [0.2, 0.25) is 0 Å². The van der Waals surface area contributed by atoms with Crippen LogP contribution in [0.15, 0.2) is 48.5 Å². The highest BCUT2D eigenvalue weighted by atomic mass is 16.3. The van der Waals surface area contributed by atoms with Crippen LogP contribution < -0.4 is 5.32 Å². The fourth-order valence-electron chi connectivity index (χ4n) is 4.31. The smallest absolute Gasteiger partial charge is 0.229 e. The number of aliphatic hydroxyl groups is 1. The minimum atomic E-state index is -0.832. The molecule has 4 heteroatoms. The molecule has 2 aromatic carbocycles. The summed E-state index contributed by atoms with van der Waals surface area (Å²) < 4.78 is 0. The Morgan fingerprint density at radius 2 is 1.56 bits per heavy atom. The molecule has 0 radical (unpaired) electrons. The maximum atomic E-state index is 12.7. The van der Waals surface area contributed by atoms with Gasteiger partial charge < -0.3 is 15.3 Å². The van der Waals surface area contributed by atoms with Crippen molar-refractivity contribution in [1.82, 2.24) is 4.90 Å². The van der Waals surface area contributed by atoms with Crippen molar-refractivity contribution in [3.8, 4) is 11.1 Å². The highest BCUT2D eigenvalue weighted by Crippen LogP contribution is 2.33. The number of anilines is 1. The van der Waals surface area contributed by atoms with Crippen LogP contribution in [0.4, 0.5) is 5.69 Å². The van der Waals surface area contributed by atoms with Crippen molar-refractivity contribution < 1.29 is 9.90 Å². The third-order valence-corrected chi connectivity index (χ3v) is 6.07. The van der Waals surface area contributed by atoms with E-state index < -0.39 is 5.60 Å². The Morgan fingerprint density at radius 3 is 2.04 bits per heavy atom. The standard InChI is InChI=1S/C23H28N2O2/c1-23(2,27)19-7-3-16(4-8-19)17-5-9-20(10-6-17)24-22(26)21-15-25-13-11-18(21)12-14-25/h3-10,18,21,27H,11-15H2,1-2H3,(H,24,26). The number of fused-ring (bicyclic) bond motifs is 3. The van der Waals surface area contributed by atoms with Crippen LogP contribution in [0.3, 0.4) is 0 Å². The molecular weight excluding hydrogens is 336 g/mol. The third kappa shape index (κ3) is 3.92. The van der Waals surface area contributed by atoms with Crippen molar-refractivity contribution >= 4 is 11.6 Å². The Morgan fingerprint density at radius 1 is 1.00 bits per heavy atom. The maximum Gasteiger partial charge on any atom is 0.229 e. The summed E-state index contributed by atoms with van der Waals surface area (Å²) in [5.74, 6) is 0.830. The number of nitrogens with zero attached hydrogens (tertiary/aromatic N) is 1. The van der Waals surface area contributed by atoms with Gasteiger partial charge in [0.25, 0.3) is 0 Å². The van der Waals surface area contributed by atoms with E-state index in [4.69, 9.17) is 0 Å². The van der Waals surface area contributed by atoms with Crippen molar-refractivity contribution in [1.29, 1.82) is 0 Å². The normalized spacial score (nSPS) is 24.6. The largest absolute Gasteiger partial charge is 0.386 e. The van der Waals surface area contributed by atoms with Crippen LogP contribution in [0.5, 0.6) is 0 Å². The van der Waals surface area contributed by atoms with Gasteiger partial charge in [-0.25, -0.2) is 0 Å². The molecule has 3 saturated heterocycles. The van der Waals surface area contributed by atoms with Gasteiger partial charge in [-0.1, -0.05) is 36.4 Å². The first-order chi connectivity index (χ1) is 12.9. The fourth-order valence-corrected chi connectivity index (χ4v) is 4.31. The fraction of sp³-hybridized carbons (Fsp3) is 0.435. The van der Waals surface area contributed by atoms with Crippen LogP contribution in [0.1, 0.15) is 32.3 Å². The SMILES string of the molecule is CC(C)(O)c1ccc(-c2ccc(NC(=O)C3CN4CCC3CC4)cc2)cc1.